The van der Waals surface area contributed by atoms with E-state index >= 15 is 0 Å². The SMILES string of the molecule is Cc1nn(-c2ccc(F)cc2)c(C)c1C(=O)Nc1ccc(NC(=O)C(C)C)cc1. The molecule has 0 bridgehead atoms. The van der Waals surface area contributed by atoms with Gasteiger partial charge >= 0.3 is 0 Å². The number of hydrogen-bond donors (Lipinski definition) is 2. The van der Waals surface area contributed by atoms with Crippen molar-refractivity contribution in [3.05, 3.63) is 71.3 Å². The minimum Gasteiger partial charge on any atom is -0.326 e. The molecule has 3 rings (SSSR count). The molecule has 0 atom stereocenters. The molecular formula is C22H23FN4O2. The van der Waals surface area contributed by atoms with Crippen LogP contribution in [0.2, 0.25) is 0 Å². The van der Waals surface area contributed by atoms with Gasteiger partial charge in [-0.1, -0.05) is 13.8 Å². The fourth-order valence-corrected chi connectivity index (χ4v) is 2.92. The Kier molecular flexibility index (Phi) is 5.77. The van der Waals surface area contributed by atoms with Crippen molar-refractivity contribution in [2.45, 2.75) is 27.7 Å². The molecule has 0 aliphatic heterocycles. The highest BCUT2D eigenvalue weighted by molar-refractivity contribution is 6.06. The highest BCUT2D eigenvalue weighted by Crippen LogP contribution is 2.21. The topological polar surface area (TPSA) is 76.0 Å². The standard InChI is InChI=1S/C22H23FN4O2/c1-13(2)21(28)24-17-7-9-18(10-8-17)25-22(29)20-14(3)26-27(15(20)4)19-11-5-16(23)6-12-19/h5-13H,1-4H3,(H,24,28)(H,25,29). The third-order valence-corrected chi connectivity index (χ3v) is 4.52. The zero-order valence-corrected chi connectivity index (χ0v) is 16.8. The first-order valence-electron chi connectivity index (χ1n) is 9.30. The molecule has 29 heavy (non-hydrogen) atoms. The van der Waals surface area contributed by atoms with Gasteiger partial charge in [-0.2, -0.15) is 5.10 Å². The molecule has 1 heterocycles. The van der Waals surface area contributed by atoms with Crippen molar-refractivity contribution in [3.63, 3.8) is 0 Å². The number of anilines is 2. The van der Waals surface area contributed by atoms with Crippen molar-refractivity contribution in [1.29, 1.82) is 0 Å². The van der Waals surface area contributed by atoms with Crippen molar-refractivity contribution in [2.75, 3.05) is 10.6 Å². The number of carbonyl (C=O) groups is 2. The summed E-state index contributed by atoms with van der Waals surface area (Å²) in [5.74, 6) is -0.798. The highest BCUT2D eigenvalue weighted by Gasteiger charge is 2.19. The molecule has 150 valence electrons. The Hall–Kier alpha value is -3.48. The monoisotopic (exact) mass is 394 g/mol. The maximum Gasteiger partial charge on any atom is 0.259 e. The second-order valence-electron chi connectivity index (χ2n) is 7.11. The van der Waals surface area contributed by atoms with E-state index in [0.29, 0.717) is 34.0 Å². The summed E-state index contributed by atoms with van der Waals surface area (Å²) < 4.78 is 14.8. The van der Waals surface area contributed by atoms with E-state index < -0.39 is 0 Å². The largest absolute Gasteiger partial charge is 0.326 e. The predicted octanol–water partition coefficient (Wildman–Crippen LogP) is 4.48. The first kappa shape index (κ1) is 20.3. The zero-order valence-electron chi connectivity index (χ0n) is 16.8. The van der Waals surface area contributed by atoms with Crippen molar-refractivity contribution in [2.24, 2.45) is 5.92 Å². The van der Waals surface area contributed by atoms with Gasteiger partial charge in [0, 0.05) is 17.3 Å². The van der Waals surface area contributed by atoms with Crippen molar-refractivity contribution in [3.8, 4) is 5.69 Å². The number of rotatable bonds is 5. The number of carbonyl (C=O) groups excluding carboxylic acids is 2. The smallest absolute Gasteiger partial charge is 0.259 e. The molecule has 0 aliphatic rings. The number of nitrogens with one attached hydrogen (secondary N) is 2. The van der Waals surface area contributed by atoms with E-state index in [-0.39, 0.29) is 23.5 Å². The molecule has 6 nitrogen and oxygen atoms in total. The summed E-state index contributed by atoms with van der Waals surface area (Å²) in [5.41, 5.74) is 3.64. The van der Waals surface area contributed by atoms with E-state index in [0.717, 1.165) is 0 Å². The normalized spacial score (nSPS) is 10.8. The van der Waals surface area contributed by atoms with Crippen LogP contribution in [0.3, 0.4) is 0 Å². The third-order valence-electron chi connectivity index (χ3n) is 4.52. The van der Waals surface area contributed by atoms with Crippen LogP contribution in [-0.4, -0.2) is 21.6 Å². The predicted molar refractivity (Wildman–Crippen MR) is 111 cm³/mol. The Bertz CT molecular complexity index is 1040. The van der Waals surface area contributed by atoms with Crippen LogP contribution >= 0.6 is 0 Å². The summed E-state index contributed by atoms with van der Waals surface area (Å²) in [5, 5.41) is 10.1. The molecule has 1 aromatic heterocycles. The average molecular weight is 394 g/mol. The van der Waals surface area contributed by atoms with Gasteiger partial charge in [-0.25, -0.2) is 9.07 Å². The van der Waals surface area contributed by atoms with Crippen LogP contribution in [0.4, 0.5) is 15.8 Å². The van der Waals surface area contributed by atoms with Crippen molar-refractivity contribution >= 4 is 23.2 Å². The van der Waals surface area contributed by atoms with Crippen LogP contribution in [0, 0.1) is 25.6 Å². The van der Waals surface area contributed by atoms with E-state index in [1.165, 1.54) is 12.1 Å². The number of benzene rings is 2. The molecular weight excluding hydrogens is 371 g/mol. The maximum atomic E-state index is 13.2. The van der Waals surface area contributed by atoms with Crippen LogP contribution in [-0.2, 0) is 4.79 Å². The second-order valence-corrected chi connectivity index (χ2v) is 7.11. The van der Waals surface area contributed by atoms with Gasteiger partial charge in [0.2, 0.25) is 5.91 Å². The van der Waals surface area contributed by atoms with Gasteiger partial charge in [0.1, 0.15) is 5.82 Å². The number of hydrogen-bond acceptors (Lipinski definition) is 3. The molecule has 0 radical (unpaired) electrons. The van der Waals surface area contributed by atoms with Gasteiger partial charge in [0.05, 0.1) is 22.6 Å². The highest BCUT2D eigenvalue weighted by atomic mass is 19.1. The summed E-state index contributed by atoms with van der Waals surface area (Å²) in [4.78, 5) is 24.6. The van der Waals surface area contributed by atoms with E-state index in [9.17, 15) is 14.0 Å². The van der Waals surface area contributed by atoms with E-state index in [1.807, 2.05) is 13.8 Å². The zero-order chi connectivity index (χ0) is 21.1. The summed E-state index contributed by atoms with van der Waals surface area (Å²) in [6.07, 6.45) is 0. The minimum absolute atomic E-state index is 0.0683. The molecule has 0 fully saturated rings. The number of halogens is 1. The Morgan fingerprint density at radius 1 is 0.931 bits per heavy atom. The fourth-order valence-electron chi connectivity index (χ4n) is 2.92. The van der Waals surface area contributed by atoms with Gasteiger partial charge in [0.15, 0.2) is 0 Å². The van der Waals surface area contributed by atoms with Crippen molar-refractivity contribution < 1.29 is 14.0 Å². The van der Waals surface area contributed by atoms with Crippen molar-refractivity contribution in [1.82, 2.24) is 9.78 Å². The number of nitrogens with zero attached hydrogens (tertiary/aromatic N) is 2. The molecule has 2 aromatic carbocycles. The summed E-state index contributed by atoms with van der Waals surface area (Å²) in [7, 11) is 0. The lowest BCUT2D eigenvalue weighted by atomic mass is 10.1. The molecule has 7 heteroatoms. The summed E-state index contributed by atoms with van der Waals surface area (Å²) in [6.45, 7) is 7.19. The molecule has 3 aromatic rings. The number of aryl methyl sites for hydroxylation is 1. The first-order chi connectivity index (χ1) is 13.8. The second kappa shape index (κ2) is 8.26. The summed E-state index contributed by atoms with van der Waals surface area (Å²) >= 11 is 0. The van der Waals surface area contributed by atoms with Crippen LogP contribution in [0.5, 0.6) is 0 Å². The first-order valence-corrected chi connectivity index (χ1v) is 9.30. The third kappa shape index (κ3) is 4.51. The average Bonchev–Trinajstić information content (AvgIpc) is 2.98. The Morgan fingerprint density at radius 2 is 1.48 bits per heavy atom. The lowest BCUT2D eigenvalue weighted by Crippen LogP contribution is -2.18. The van der Waals surface area contributed by atoms with Crippen LogP contribution in [0.25, 0.3) is 5.69 Å². The van der Waals surface area contributed by atoms with E-state index in [2.05, 4.69) is 15.7 Å². The maximum absolute atomic E-state index is 13.2. The number of amides is 2. The van der Waals surface area contributed by atoms with Crippen LogP contribution < -0.4 is 10.6 Å². The molecule has 0 aliphatic carbocycles. The molecule has 0 unspecified atom stereocenters. The van der Waals surface area contributed by atoms with E-state index in [4.69, 9.17) is 0 Å². The Balaban J connectivity index is 1.77. The molecule has 2 amide bonds. The van der Waals surface area contributed by atoms with E-state index in [1.54, 1.807) is 54.9 Å². The van der Waals surface area contributed by atoms with Gasteiger partial charge in [0.25, 0.3) is 5.91 Å². The van der Waals surface area contributed by atoms with Gasteiger partial charge in [-0.15, -0.1) is 0 Å². The lowest BCUT2D eigenvalue weighted by Gasteiger charge is -2.10. The molecule has 2 N–H and O–H groups in total. The lowest BCUT2D eigenvalue weighted by molar-refractivity contribution is -0.118. The summed E-state index contributed by atoms with van der Waals surface area (Å²) in [6, 6.07) is 12.8. The Morgan fingerprint density at radius 3 is 2.03 bits per heavy atom. The van der Waals surface area contributed by atoms with Gasteiger partial charge < -0.3 is 10.6 Å². The molecule has 0 saturated heterocycles. The quantitative estimate of drug-likeness (QED) is 0.670. The van der Waals surface area contributed by atoms with Gasteiger partial charge in [-0.3, -0.25) is 9.59 Å². The van der Waals surface area contributed by atoms with Gasteiger partial charge in [-0.05, 0) is 62.4 Å². The fraction of sp³-hybridized carbons (Fsp3) is 0.227. The Labute approximate surface area is 168 Å². The van der Waals surface area contributed by atoms with Crippen LogP contribution in [0.15, 0.2) is 48.5 Å². The molecule has 0 saturated carbocycles. The van der Waals surface area contributed by atoms with Crippen LogP contribution in [0.1, 0.15) is 35.6 Å². The number of aromatic nitrogens is 2. The molecule has 0 spiro atoms. The minimum atomic E-state index is -0.332.